The van der Waals surface area contributed by atoms with E-state index in [9.17, 15) is 0 Å². The molecule has 0 aliphatic rings. The van der Waals surface area contributed by atoms with E-state index in [-0.39, 0.29) is 0 Å². The summed E-state index contributed by atoms with van der Waals surface area (Å²) in [7, 11) is 1.64. The van der Waals surface area contributed by atoms with Crippen molar-refractivity contribution >= 4 is 45.5 Å². The third-order valence-corrected chi connectivity index (χ3v) is 6.03. The molecule has 2 aromatic carbocycles. The summed E-state index contributed by atoms with van der Waals surface area (Å²) in [5.41, 5.74) is 2.68. The van der Waals surface area contributed by atoms with E-state index in [1.165, 1.54) is 11.3 Å². The fourth-order valence-corrected chi connectivity index (χ4v) is 4.16. The number of nitrogens with one attached hydrogen (secondary N) is 1. The van der Waals surface area contributed by atoms with Gasteiger partial charge in [0.2, 0.25) is 5.13 Å². The largest absolute Gasteiger partial charge is 0.497 e. The van der Waals surface area contributed by atoms with Crippen molar-refractivity contribution in [3.8, 4) is 17.0 Å². The van der Waals surface area contributed by atoms with Crippen LogP contribution in [0.1, 0.15) is 5.76 Å². The highest BCUT2D eigenvalue weighted by molar-refractivity contribution is 8.00. The molecule has 142 valence electrons. The molecular weight excluding hydrogens is 416 g/mol. The van der Waals surface area contributed by atoms with Crippen molar-refractivity contribution in [2.45, 2.75) is 10.1 Å². The predicted octanol–water partition coefficient (Wildman–Crippen LogP) is 5.89. The van der Waals surface area contributed by atoms with Gasteiger partial charge in [-0.05, 0) is 36.4 Å². The lowest BCUT2D eigenvalue weighted by Crippen LogP contribution is -1.89. The summed E-state index contributed by atoms with van der Waals surface area (Å²) in [5, 5.41) is 17.1. The molecule has 2 heterocycles. The molecule has 2 aromatic heterocycles. The smallest absolute Gasteiger partial charge is 0.210 e. The molecule has 9 heteroatoms. The molecule has 0 radical (unpaired) electrons. The van der Waals surface area contributed by atoms with Crippen molar-refractivity contribution < 1.29 is 9.26 Å². The Hall–Kier alpha value is -2.55. The number of thioether (sulfide) groups is 1. The Morgan fingerprint density at radius 3 is 2.64 bits per heavy atom. The second-order valence-electron chi connectivity index (χ2n) is 5.70. The molecule has 1 N–H and O–H groups in total. The van der Waals surface area contributed by atoms with Gasteiger partial charge in [-0.25, -0.2) is 0 Å². The Morgan fingerprint density at radius 2 is 1.89 bits per heavy atom. The van der Waals surface area contributed by atoms with Crippen LogP contribution in [0.4, 0.5) is 10.8 Å². The normalized spacial score (nSPS) is 10.8. The topological polar surface area (TPSA) is 73.1 Å². The maximum atomic E-state index is 5.92. The molecule has 0 saturated heterocycles. The highest BCUT2D eigenvalue weighted by Crippen LogP contribution is 2.31. The number of hydrogen-bond donors (Lipinski definition) is 1. The van der Waals surface area contributed by atoms with E-state index >= 15 is 0 Å². The molecule has 28 heavy (non-hydrogen) atoms. The highest BCUT2D eigenvalue weighted by Gasteiger charge is 2.10. The number of hydrogen-bond acceptors (Lipinski definition) is 8. The predicted molar refractivity (Wildman–Crippen MR) is 113 cm³/mol. The summed E-state index contributed by atoms with van der Waals surface area (Å²) >= 11 is 8.95. The number of benzene rings is 2. The fraction of sp³-hybridized carbons (Fsp3) is 0.105. The Morgan fingerprint density at radius 1 is 1.11 bits per heavy atom. The van der Waals surface area contributed by atoms with Gasteiger partial charge in [0, 0.05) is 22.3 Å². The molecule has 4 rings (SSSR count). The third-order valence-electron chi connectivity index (χ3n) is 3.78. The molecule has 0 aliphatic heterocycles. The molecule has 0 atom stereocenters. The number of methoxy groups -OCH3 is 1. The first-order valence-corrected chi connectivity index (χ1v) is 10.5. The second kappa shape index (κ2) is 8.64. The van der Waals surface area contributed by atoms with Crippen LogP contribution in [0.15, 0.2) is 63.5 Å². The van der Waals surface area contributed by atoms with Gasteiger partial charge in [-0.2, -0.15) is 0 Å². The minimum atomic E-state index is 0.623. The maximum absolute atomic E-state index is 5.92. The van der Waals surface area contributed by atoms with E-state index in [4.69, 9.17) is 20.9 Å². The summed E-state index contributed by atoms with van der Waals surface area (Å²) in [5.74, 6) is 2.21. The van der Waals surface area contributed by atoms with Crippen molar-refractivity contribution in [1.82, 2.24) is 15.4 Å². The summed E-state index contributed by atoms with van der Waals surface area (Å²) in [6.45, 7) is 0. The number of ether oxygens (including phenoxy) is 1. The summed E-state index contributed by atoms with van der Waals surface area (Å²) in [6.07, 6.45) is 0. The monoisotopic (exact) mass is 430 g/mol. The number of nitrogens with zero attached hydrogens (tertiary/aromatic N) is 3. The average Bonchev–Trinajstić information content (AvgIpc) is 3.37. The lowest BCUT2D eigenvalue weighted by molar-refractivity contribution is 0.397. The van der Waals surface area contributed by atoms with Crippen LogP contribution in [-0.4, -0.2) is 22.5 Å². The molecule has 0 amide bonds. The van der Waals surface area contributed by atoms with Crippen LogP contribution in [0.25, 0.3) is 11.3 Å². The van der Waals surface area contributed by atoms with Gasteiger partial charge in [-0.15, -0.1) is 10.2 Å². The van der Waals surface area contributed by atoms with Crippen LogP contribution in [0, 0.1) is 0 Å². The molecule has 0 bridgehead atoms. The zero-order valence-electron chi connectivity index (χ0n) is 14.8. The SMILES string of the molecule is COc1ccc(Nc2nnc(SCc3cc(-c4ccc(Cl)cc4)no3)s2)cc1. The standard InChI is InChI=1S/C19H15ClN4O2S2/c1-25-15-8-6-14(7-9-15)21-18-22-23-19(28-18)27-11-16-10-17(24-26-16)12-2-4-13(20)5-3-12/h2-10H,11H2,1H3,(H,21,22). The molecule has 0 spiro atoms. The van der Waals surface area contributed by atoms with E-state index in [0.717, 1.165) is 37.9 Å². The lowest BCUT2D eigenvalue weighted by Gasteiger charge is -2.03. The van der Waals surface area contributed by atoms with E-state index in [1.807, 2.05) is 54.6 Å². The first-order chi connectivity index (χ1) is 13.7. The molecule has 4 aromatic rings. The lowest BCUT2D eigenvalue weighted by atomic mass is 10.1. The van der Waals surface area contributed by atoms with Gasteiger partial charge in [0.15, 0.2) is 4.34 Å². The van der Waals surface area contributed by atoms with Crippen LogP contribution >= 0.6 is 34.7 Å². The zero-order chi connectivity index (χ0) is 19.3. The summed E-state index contributed by atoms with van der Waals surface area (Å²) in [4.78, 5) is 0. The average molecular weight is 431 g/mol. The van der Waals surface area contributed by atoms with Crippen molar-refractivity contribution in [3.63, 3.8) is 0 Å². The van der Waals surface area contributed by atoms with Gasteiger partial charge in [-0.1, -0.05) is 52.0 Å². The minimum Gasteiger partial charge on any atom is -0.497 e. The van der Waals surface area contributed by atoms with Gasteiger partial charge in [0.05, 0.1) is 12.9 Å². The first-order valence-electron chi connectivity index (χ1n) is 8.28. The first kappa shape index (κ1) is 18.8. The molecule has 0 unspecified atom stereocenters. The van der Waals surface area contributed by atoms with Crippen LogP contribution in [0.3, 0.4) is 0 Å². The number of aromatic nitrogens is 3. The Kier molecular flexibility index (Phi) is 5.80. The highest BCUT2D eigenvalue weighted by atomic mass is 35.5. The van der Waals surface area contributed by atoms with Crippen LogP contribution < -0.4 is 10.1 Å². The van der Waals surface area contributed by atoms with Gasteiger partial charge in [-0.3, -0.25) is 0 Å². The van der Waals surface area contributed by atoms with E-state index < -0.39 is 0 Å². The van der Waals surface area contributed by atoms with Crippen LogP contribution in [0.5, 0.6) is 5.75 Å². The quantitative estimate of drug-likeness (QED) is 0.366. The number of anilines is 2. The molecule has 6 nitrogen and oxygen atoms in total. The van der Waals surface area contributed by atoms with E-state index in [2.05, 4.69) is 20.7 Å². The Labute approximate surface area is 174 Å². The maximum Gasteiger partial charge on any atom is 0.210 e. The Bertz CT molecular complexity index is 1050. The minimum absolute atomic E-state index is 0.623. The van der Waals surface area contributed by atoms with Crippen molar-refractivity contribution in [2.75, 3.05) is 12.4 Å². The van der Waals surface area contributed by atoms with Crippen molar-refractivity contribution in [1.29, 1.82) is 0 Å². The second-order valence-corrected chi connectivity index (χ2v) is 8.34. The van der Waals surface area contributed by atoms with Crippen LogP contribution in [-0.2, 0) is 5.75 Å². The van der Waals surface area contributed by atoms with Gasteiger partial charge in [0.1, 0.15) is 17.2 Å². The summed E-state index contributed by atoms with van der Waals surface area (Å²) < 4.78 is 11.4. The molecule has 0 saturated carbocycles. The molecule has 0 aliphatic carbocycles. The number of rotatable bonds is 7. The van der Waals surface area contributed by atoms with E-state index in [1.54, 1.807) is 18.9 Å². The van der Waals surface area contributed by atoms with Crippen molar-refractivity contribution in [3.05, 3.63) is 65.4 Å². The van der Waals surface area contributed by atoms with E-state index in [0.29, 0.717) is 10.8 Å². The zero-order valence-corrected chi connectivity index (χ0v) is 17.1. The molecular formula is C19H15ClN4O2S2. The van der Waals surface area contributed by atoms with Crippen molar-refractivity contribution in [2.24, 2.45) is 0 Å². The summed E-state index contributed by atoms with van der Waals surface area (Å²) in [6, 6.07) is 17.1. The Balaban J connectivity index is 1.35. The van der Waals surface area contributed by atoms with Gasteiger partial charge in [0.25, 0.3) is 0 Å². The fourth-order valence-electron chi connectivity index (χ4n) is 2.39. The third kappa shape index (κ3) is 4.64. The van der Waals surface area contributed by atoms with Gasteiger partial charge < -0.3 is 14.6 Å². The number of halogens is 1. The molecule has 0 fully saturated rings. The van der Waals surface area contributed by atoms with Gasteiger partial charge >= 0.3 is 0 Å². The van der Waals surface area contributed by atoms with Crippen LogP contribution in [0.2, 0.25) is 5.02 Å².